The van der Waals surface area contributed by atoms with Crippen LogP contribution in [0.15, 0.2) is 0 Å². The first-order valence-corrected chi connectivity index (χ1v) is 4.15. The average molecular weight is 186 g/mol. The van der Waals surface area contributed by atoms with Gasteiger partial charge in [-0.1, -0.05) is 0 Å². The van der Waals surface area contributed by atoms with Gasteiger partial charge in [0.2, 0.25) is 0 Å². The molecule has 0 aromatic rings. The molecule has 0 amide bonds. The molecule has 4 atom stereocenters. The van der Waals surface area contributed by atoms with Gasteiger partial charge in [-0.25, -0.2) is 0 Å². The lowest BCUT2D eigenvalue weighted by Gasteiger charge is -2.14. The summed E-state index contributed by atoms with van der Waals surface area (Å²) >= 11 is 0. The molecule has 12 heavy (non-hydrogen) atoms. The van der Waals surface area contributed by atoms with Gasteiger partial charge in [0.1, 0.15) is 24.4 Å². The molecule has 0 saturated carbocycles. The molecule has 0 aromatic heterocycles. The van der Waals surface area contributed by atoms with Crippen LogP contribution in [-0.4, -0.2) is 51.8 Å². The highest BCUT2D eigenvalue weighted by atomic mass is 17.2. The van der Waals surface area contributed by atoms with Crippen molar-refractivity contribution >= 4 is 0 Å². The molecule has 0 N–H and O–H groups in total. The van der Waals surface area contributed by atoms with Gasteiger partial charge in [0.25, 0.3) is 0 Å². The summed E-state index contributed by atoms with van der Waals surface area (Å²) in [7, 11) is 3.36. The van der Waals surface area contributed by atoms with E-state index in [0.717, 1.165) is 0 Å². The second-order valence-electron chi connectivity index (χ2n) is 3.14. The molecule has 0 aliphatic carbocycles. The lowest BCUT2D eigenvalue weighted by molar-refractivity contribution is -0.0267. The van der Waals surface area contributed by atoms with Crippen molar-refractivity contribution in [1.29, 1.82) is 0 Å². The molecule has 0 bridgehead atoms. The van der Waals surface area contributed by atoms with Gasteiger partial charge in [0, 0.05) is 14.2 Å². The highest BCUT2D eigenvalue weighted by molar-refractivity contribution is 4.95. The van der Waals surface area contributed by atoms with Crippen molar-refractivity contribution in [1.82, 2.24) is 0 Å². The third-order valence-electron chi connectivity index (χ3n) is 2.57. The molecule has 0 radical (unpaired) electrons. The minimum Gasteiger partial charge on any atom is -0.376 e. The van der Waals surface area contributed by atoms with Gasteiger partial charge in [0.05, 0.1) is 13.2 Å². The van der Waals surface area contributed by atoms with Gasteiger partial charge in [-0.05, 0) is 0 Å². The lowest BCUT2D eigenvalue weighted by atomic mass is 11.7. The predicted octanol–water partition coefficient (Wildman–Crippen LogP) is -0.186. The number of hydrogen-bond donors (Lipinski definition) is 0. The fourth-order valence-corrected chi connectivity index (χ4v) is 1.83. The Morgan fingerprint density at radius 1 is 0.917 bits per heavy atom. The van der Waals surface area contributed by atoms with Crippen LogP contribution >= 0.6 is 0 Å². The maximum Gasteiger partial charge on any atom is 0.115 e. The van der Waals surface area contributed by atoms with Crippen LogP contribution in [0.1, 0.15) is 0 Å². The number of hydrogen-bond acceptors (Lipinski definition) is 4. The Morgan fingerprint density at radius 2 is 1.33 bits per heavy atom. The zero-order valence-corrected chi connectivity index (χ0v) is 7.36. The van der Waals surface area contributed by atoms with Crippen molar-refractivity contribution in [2.75, 3.05) is 27.4 Å². The number of methoxy groups -OCH3 is 2. The fraction of sp³-hybridized carbons (Fsp3) is 1.00. The van der Waals surface area contributed by atoms with E-state index in [1.807, 2.05) is 0 Å². The first kappa shape index (κ1) is 8.44. The van der Waals surface area contributed by atoms with Crippen molar-refractivity contribution in [2.45, 2.75) is 24.4 Å². The first-order chi connectivity index (χ1) is 5.86. The number of fused-ring (bicyclic) bond motifs is 1. The standard InChI is InChI=1S/C8H14O4/c1-9-5-3-11-8-6(10-2)4-12-7(5)8/h5-8H,3-4H2,1-2H3/t5-,6+,7-,8-/m1/s1/i3+2,4+2,5+2,6+2,7+2,8+2. The molecule has 2 aliphatic heterocycles. The van der Waals surface area contributed by atoms with Crippen molar-refractivity contribution in [3.8, 4) is 0 Å². The van der Waals surface area contributed by atoms with E-state index in [-0.39, 0.29) is 24.4 Å². The van der Waals surface area contributed by atoms with Gasteiger partial charge < -0.3 is 18.9 Å². The zero-order valence-electron chi connectivity index (χ0n) is 7.36. The van der Waals surface area contributed by atoms with Crippen molar-refractivity contribution in [3.63, 3.8) is 0 Å². The van der Waals surface area contributed by atoms with E-state index < -0.39 is 0 Å². The molecule has 70 valence electrons. The topological polar surface area (TPSA) is 36.9 Å². The minimum atomic E-state index is 0.0694. The SMILES string of the molecule is CO[14C@H]1[14CH2]O[14C@H]2[14C@@H]1O[14CH2][14C@H]2OC. The quantitative estimate of drug-likeness (QED) is 0.599. The molecule has 0 aromatic carbocycles. The maximum atomic E-state index is 5.51. The number of rotatable bonds is 2. The third-order valence-corrected chi connectivity index (χ3v) is 2.57. The monoisotopic (exact) mass is 186 g/mol. The molecule has 2 heterocycles. The smallest absolute Gasteiger partial charge is 0.115 e. The van der Waals surface area contributed by atoms with E-state index >= 15 is 0 Å². The Kier molecular flexibility index (Phi) is 2.32. The van der Waals surface area contributed by atoms with Crippen LogP contribution in [0.5, 0.6) is 0 Å². The Morgan fingerprint density at radius 3 is 1.67 bits per heavy atom. The van der Waals surface area contributed by atoms with Crippen LogP contribution in [0.25, 0.3) is 0 Å². The molecule has 4 nitrogen and oxygen atoms in total. The summed E-state index contributed by atoms with van der Waals surface area (Å²) in [6.45, 7) is 1.23. The molecule has 2 aliphatic rings. The summed E-state index contributed by atoms with van der Waals surface area (Å²) < 4.78 is 21.4. The Hall–Kier alpha value is -0.160. The molecule has 2 rings (SSSR count). The predicted molar refractivity (Wildman–Crippen MR) is 41.1 cm³/mol. The van der Waals surface area contributed by atoms with Crippen LogP contribution in [-0.2, 0) is 18.9 Å². The second kappa shape index (κ2) is 3.30. The van der Waals surface area contributed by atoms with Crippen LogP contribution in [0, 0.1) is 0 Å². The highest BCUT2D eigenvalue weighted by Crippen LogP contribution is 2.29. The summed E-state index contributed by atoms with van der Waals surface area (Å²) in [5.74, 6) is 0. The van der Waals surface area contributed by atoms with E-state index in [2.05, 4.69) is 0 Å². The van der Waals surface area contributed by atoms with Crippen molar-refractivity contribution < 1.29 is 18.9 Å². The van der Waals surface area contributed by atoms with Crippen LogP contribution in [0.3, 0.4) is 0 Å². The molecule has 2 saturated heterocycles. The largest absolute Gasteiger partial charge is 0.376 e. The van der Waals surface area contributed by atoms with Crippen molar-refractivity contribution in [3.05, 3.63) is 0 Å². The minimum absolute atomic E-state index is 0.0694. The summed E-state index contributed by atoms with van der Waals surface area (Å²) in [5.41, 5.74) is 0. The first-order valence-electron chi connectivity index (χ1n) is 4.15. The second-order valence-corrected chi connectivity index (χ2v) is 3.14. The van der Waals surface area contributed by atoms with Crippen molar-refractivity contribution in [2.24, 2.45) is 0 Å². The number of ether oxygens (including phenoxy) is 4. The Labute approximate surface area is 71.7 Å². The van der Waals surface area contributed by atoms with Gasteiger partial charge in [-0.15, -0.1) is 0 Å². The van der Waals surface area contributed by atoms with E-state index in [0.29, 0.717) is 13.2 Å². The normalized spacial score (nSPS) is 46.5. The zero-order chi connectivity index (χ0) is 8.55. The lowest BCUT2D eigenvalue weighted by Crippen LogP contribution is -2.32. The molecular weight excluding hydrogens is 172 g/mol. The Balaban J connectivity index is 2.01. The maximum absolute atomic E-state index is 5.51. The van der Waals surface area contributed by atoms with Gasteiger partial charge in [-0.3, -0.25) is 0 Å². The Bertz CT molecular complexity index is 143. The van der Waals surface area contributed by atoms with Gasteiger partial charge in [0.15, 0.2) is 0 Å². The van der Waals surface area contributed by atoms with Gasteiger partial charge in [-0.2, -0.15) is 0 Å². The van der Waals surface area contributed by atoms with Crippen LogP contribution < -0.4 is 0 Å². The highest BCUT2D eigenvalue weighted by Gasteiger charge is 2.48. The van der Waals surface area contributed by atoms with Crippen LogP contribution in [0.2, 0.25) is 0 Å². The molecular formula is C8H14O4. The van der Waals surface area contributed by atoms with Crippen LogP contribution in [0.4, 0.5) is 0 Å². The summed E-state index contributed by atoms with van der Waals surface area (Å²) in [6.07, 6.45) is 0.296. The summed E-state index contributed by atoms with van der Waals surface area (Å²) in [4.78, 5) is 0. The van der Waals surface area contributed by atoms with E-state index in [1.165, 1.54) is 0 Å². The summed E-state index contributed by atoms with van der Waals surface area (Å²) in [6, 6.07) is 0. The van der Waals surface area contributed by atoms with E-state index in [9.17, 15) is 0 Å². The molecule has 0 spiro atoms. The van der Waals surface area contributed by atoms with E-state index in [1.54, 1.807) is 14.2 Å². The third kappa shape index (κ3) is 1.15. The van der Waals surface area contributed by atoms with E-state index in [4.69, 9.17) is 18.9 Å². The fourth-order valence-electron chi connectivity index (χ4n) is 1.83. The summed E-state index contributed by atoms with van der Waals surface area (Å²) in [5, 5.41) is 0. The molecule has 4 heteroatoms. The molecule has 0 unspecified atom stereocenters. The average Bonchev–Trinajstić information content (AvgIpc) is 2.62. The van der Waals surface area contributed by atoms with Gasteiger partial charge >= 0.3 is 0 Å². The molecule has 2 fully saturated rings.